The first-order valence-corrected chi connectivity index (χ1v) is 5.24. The molecule has 0 saturated heterocycles. The van der Waals surface area contributed by atoms with E-state index >= 15 is 0 Å². The van der Waals surface area contributed by atoms with Crippen molar-refractivity contribution in [2.45, 2.75) is 25.6 Å². The molecule has 0 aliphatic carbocycles. The monoisotopic (exact) mass is 263 g/mol. The maximum absolute atomic E-state index is 12.2. The fourth-order valence-electron chi connectivity index (χ4n) is 1.15. The van der Waals surface area contributed by atoms with E-state index in [4.69, 9.17) is 0 Å². The van der Waals surface area contributed by atoms with Crippen LogP contribution in [0.1, 0.15) is 30.7 Å². The van der Waals surface area contributed by atoms with Crippen molar-refractivity contribution in [3.05, 3.63) is 29.6 Å². The Bertz CT molecular complexity index is 403. The van der Waals surface area contributed by atoms with Crippen LogP contribution in [0.3, 0.4) is 0 Å². The molecule has 1 aromatic heterocycles. The quantitative estimate of drug-likeness (QED) is 0.845. The van der Waals surface area contributed by atoms with Gasteiger partial charge in [0.1, 0.15) is 5.69 Å². The van der Waals surface area contributed by atoms with Gasteiger partial charge in [-0.15, -0.1) is 0 Å². The van der Waals surface area contributed by atoms with Crippen LogP contribution in [-0.2, 0) is 15.7 Å². The largest absolute Gasteiger partial charge is 0.464 e. The number of carbonyl (C=O) groups excluding carboxylic acids is 1. The van der Waals surface area contributed by atoms with Crippen molar-refractivity contribution in [3.8, 4) is 0 Å². The Morgan fingerprint density at radius 1 is 1.50 bits per heavy atom. The highest BCUT2D eigenvalue weighted by Crippen LogP contribution is 2.28. The summed E-state index contributed by atoms with van der Waals surface area (Å²) in [6.45, 7) is 1.92. The van der Waals surface area contributed by atoms with Gasteiger partial charge in [0.25, 0.3) is 0 Å². The summed E-state index contributed by atoms with van der Waals surface area (Å²) in [6.07, 6.45) is -4.78. The second kappa shape index (κ2) is 5.81. The molecule has 1 aromatic rings. The smallest absolute Gasteiger partial charge is 0.433 e. The van der Waals surface area contributed by atoms with E-state index in [2.05, 4.69) is 9.72 Å². The van der Waals surface area contributed by atoms with Crippen molar-refractivity contribution in [3.63, 3.8) is 0 Å². The number of hydrogen-bond acceptors (Lipinski definition) is 4. The predicted octanol–water partition coefficient (Wildman–Crippen LogP) is 2.09. The van der Waals surface area contributed by atoms with E-state index < -0.39 is 23.9 Å². The van der Waals surface area contributed by atoms with Gasteiger partial charge in [0.15, 0.2) is 6.10 Å². The maximum atomic E-state index is 12.2. The lowest BCUT2D eigenvalue weighted by molar-refractivity contribution is -0.153. The molecule has 0 bridgehead atoms. The number of aromatic nitrogens is 1. The normalized spacial score (nSPS) is 13.2. The number of hydrogen-bond donors (Lipinski definition) is 1. The van der Waals surface area contributed by atoms with E-state index in [0.29, 0.717) is 12.5 Å². The van der Waals surface area contributed by atoms with Gasteiger partial charge < -0.3 is 9.84 Å². The zero-order valence-electron chi connectivity index (χ0n) is 9.57. The van der Waals surface area contributed by atoms with E-state index in [1.165, 1.54) is 0 Å². The fraction of sp³-hybridized carbons (Fsp3) is 0.455. The van der Waals surface area contributed by atoms with E-state index in [-0.39, 0.29) is 12.2 Å². The molecular weight excluding hydrogens is 251 g/mol. The first-order chi connectivity index (χ1) is 8.36. The average molecular weight is 263 g/mol. The molecule has 0 radical (unpaired) electrons. The molecule has 1 heterocycles. The Balaban J connectivity index is 2.76. The third kappa shape index (κ3) is 3.69. The molecule has 1 rings (SSSR count). The molecule has 1 N–H and O–H groups in total. The topological polar surface area (TPSA) is 59.4 Å². The van der Waals surface area contributed by atoms with Gasteiger partial charge >= 0.3 is 12.1 Å². The molecule has 0 saturated carbocycles. The molecular formula is C11H12F3NO3. The molecule has 0 aliphatic heterocycles. The second-order valence-corrected chi connectivity index (χ2v) is 3.54. The zero-order valence-corrected chi connectivity index (χ0v) is 9.57. The minimum absolute atomic E-state index is 0.0379. The summed E-state index contributed by atoms with van der Waals surface area (Å²) < 4.78 is 41.4. The number of alkyl halides is 3. The van der Waals surface area contributed by atoms with Crippen LogP contribution in [-0.4, -0.2) is 22.7 Å². The van der Waals surface area contributed by atoms with Gasteiger partial charge in [0.2, 0.25) is 0 Å². The summed E-state index contributed by atoms with van der Waals surface area (Å²) in [7, 11) is 0. The maximum Gasteiger partial charge on any atom is 0.433 e. The standard InChI is InChI=1S/C11H12F3NO3/c1-2-5-18-10(17)9(16)7-3-4-8(15-6-7)11(12,13)14/h3-4,6,9,16H,2,5H2,1H3. The van der Waals surface area contributed by atoms with Crippen LogP contribution in [0.5, 0.6) is 0 Å². The first-order valence-electron chi connectivity index (χ1n) is 5.24. The molecule has 4 nitrogen and oxygen atoms in total. The Morgan fingerprint density at radius 2 is 2.17 bits per heavy atom. The number of aliphatic hydroxyl groups is 1. The highest BCUT2D eigenvalue weighted by atomic mass is 19.4. The van der Waals surface area contributed by atoms with Crippen molar-refractivity contribution >= 4 is 5.97 Å². The minimum Gasteiger partial charge on any atom is -0.464 e. The number of rotatable bonds is 4. The fourth-order valence-corrected chi connectivity index (χ4v) is 1.15. The van der Waals surface area contributed by atoms with Crippen LogP contribution in [0.25, 0.3) is 0 Å². The lowest BCUT2D eigenvalue weighted by Crippen LogP contribution is -2.17. The molecule has 0 fully saturated rings. The first kappa shape index (κ1) is 14.4. The van der Waals surface area contributed by atoms with E-state index in [9.17, 15) is 23.1 Å². The zero-order chi connectivity index (χ0) is 13.8. The summed E-state index contributed by atoms with van der Waals surface area (Å²) >= 11 is 0. The number of carbonyl (C=O) groups is 1. The van der Waals surface area contributed by atoms with Gasteiger partial charge in [-0.05, 0) is 12.5 Å². The number of ether oxygens (including phenoxy) is 1. The van der Waals surface area contributed by atoms with Crippen LogP contribution in [0, 0.1) is 0 Å². The van der Waals surface area contributed by atoms with Crippen LogP contribution in [0.15, 0.2) is 18.3 Å². The molecule has 0 aromatic carbocycles. The summed E-state index contributed by atoms with van der Waals surface area (Å²) in [6, 6.07) is 1.69. The predicted molar refractivity (Wildman–Crippen MR) is 55.4 cm³/mol. The number of pyridine rings is 1. The van der Waals surface area contributed by atoms with Crippen LogP contribution in [0.2, 0.25) is 0 Å². The summed E-state index contributed by atoms with van der Waals surface area (Å²) in [5.41, 5.74) is -1.12. The Hall–Kier alpha value is -1.63. The Morgan fingerprint density at radius 3 is 2.61 bits per heavy atom. The molecule has 0 spiro atoms. The van der Waals surface area contributed by atoms with Crippen molar-refractivity contribution in [2.24, 2.45) is 0 Å². The van der Waals surface area contributed by atoms with Crippen molar-refractivity contribution < 1.29 is 27.8 Å². The van der Waals surface area contributed by atoms with Gasteiger partial charge in [-0.25, -0.2) is 4.79 Å². The van der Waals surface area contributed by atoms with Gasteiger partial charge in [0, 0.05) is 11.8 Å². The highest BCUT2D eigenvalue weighted by molar-refractivity contribution is 5.76. The van der Waals surface area contributed by atoms with E-state index in [0.717, 1.165) is 12.3 Å². The molecule has 100 valence electrons. The second-order valence-electron chi connectivity index (χ2n) is 3.54. The molecule has 7 heteroatoms. The SMILES string of the molecule is CCCOC(=O)C(O)c1ccc(C(F)(F)F)nc1. The number of nitrogens with zero attached hydrogens (tertiary/aromatic N) is 1. The lowest BCUT2D eigenvalue weighted by atomic mass is 10.1. The highest BCUT2D eigenvalue weighted by Gasteiger charge is 2.32. The Labute approximate surface area is 101 Å². The van der Waals surface area contributed by atoms with E-state index in [1.807, 2.05) is 0 Å². The van der Waals surface area contributed by atoms with Crippen LogP contribution < -0.4 is 0 Å². The number of aliphatic hydroxyl groups excluding tert-OH is 1. The van der Waals surface area contributed by atoms with E-state index in [1.54, 1.807) is 6.92 Å². The van der Waals surface area contributed by atoms with Gasteiger partial charge in [-0.2, -0.15) is 13.2 Å². The lowest BCUT2D eigenvalue weighted by Gasteiger charge is -2.11. The number of halogens is 3. The third-order valence-electron chi connectivity index (χ3n) is 2.06. The number of esters is 1. The molecule has 1 unspecified atom stereocenters. The average Bonchev–Trinajstić information content (AvgIpc) is 2.34. The summed E-state index contributed by atoms with van der Waals surface area (Å²) in [4.78, 5) is 14.4. The van der Waals surface area contributed by atoms with Crippen LogP contribution >= 0.6 is 0 Å². The summed E-state index contributed by atoms with van der Waals surface area (Å²) in [5.74, 6) is -0.904. The molecule has 1 atom stereocenters. The van der Waals surface area contributed by atoms with Crippen molar-refractivity contribution in [2.75, 3.05) is 6.61 Å². The minimum atomic E-state index is -4.55. The summed E-state index contributed by atoms with van der Waals surface area (Å²) in [5, 5.41) is 9.51. The third-order valence-corrected chi connectivity index (χ3v) is 2.06. The molecule has 18 heavy (non-hydrogen) atoms. The van der Waals surface area contributed by atoms with Gasteiger partial charge in [-0.1, -0.05) is 13.0 Å². The van der Waals surface area contributed by atoms with Crippen molar-refractivity contribution in [1.82, 2.24) is 4.98 Å². The Kier molecular flexibility index (Phi) is 4.66. The van der Waals surface area contributed by atoms with Crippen LogP contribution in [0.4, 0.5) is 13.2 Å². The van der Waals surface area contributed by atoms with Gasteiger partial charge in [0.05, 0.1) is 6.61 Å². The molecule has 0 amide bonds. The van der Waals surface area contributed by atoms with Crippen molar-refractivity contribution in [1.29, 1.82) is 0 Å². The van der Waals surface area contributed by atoms with Gasteiger partial charge in [-0.3, -0.25) is 4.98 Å². The molecule has 0 aliphatic rings.